The largest absolute Gasteiger partial charge is 0.494 e. The fourth-order valence-corrected chi connectivity index (χ4v) is 3.92. The molecule has 2 aromatic carbocycles. The molecule has 196 valence electrons. The molecule has 2 rings (SSSR count). The van der Waals surface area contributed by atoms with Gasteiger partial charge in [0.25, 0.3) is 0 Å². The molecule has 0 fully saturated rings. The summed E-state index contributed by atoms with van der Waals surface area (Å²) in [5, 5.41) is 0. The van der Waals surface area contributed by atoms with Crippen LogP contribution in [0.3, 0.4) is 0 Å². The predicted octanol–water partition coefficient (Wildman–Crippen LogP) is 8.79. The number of unbranched alkanes of at least 4 members (excludes halogenated alkanes) is 10. The lowest BCUT2D eigenvalue weighted by atomic mass is 10.1. The maximum Gasteiger partial charge on any atom is 0.185 e. The first-order valence-corrected chi connectivity index (χ1v) is 13.9. The molecule has 0 radical (unpaired) electrons. The van der Waals surface area contributed by atoms with Gasteiger partial charge in [0.2, 0.25) is 0 Å². The van der Waals surface area contributed by atoms with Crippen molar-refractivity contribution in [3.63, 3.8) is 0 Å². The number of hydrogen-bond acceptors (Lipinski definition) is 4. The van der Waals surface area contributed by atoms with Gasteiger partial charge in [-0.15, -0.1) is 0 Å². The average Bonchev–Trinajstić information content (AvgIpc) is 2.91. The molecular weight excluding hydrogens is 448 g/mol. The van der Waals surface area contributed by atoms with Crippen molar-refractivity contribution in [3.05, 3.63) is 71.8 Å². The molecule has 0 amide bonds. The van der Waals surface area contributed by atoms with Crippen LogP contribution in [-0.2, 0) is 0 Å². The summed E-state index contributed by atoms with van der Waals surface area (Å²) >= 11 is 0. The van der Waals surface area contributed by atoms with Gasteiger partial charge in [-0.1, -0.05) is 78.1 Å². The molecule has 0 aliphatic heterocycles. The highest BCUT2D eigenvalue weighted by Crippen LogP contribution is 2.16. The van der Waals surface area contributed by atoms with Crippen LogP contribution in [-0.4, -0.2) is 24.8 Å². The lowest BCUT2D eigenvalue weighted by Crippen LogP contribution is -2.01. The maximum absolute atomic E-state index is 12.5. The predicted molar refractivity (Wildman–Crippen MR) is 148 cm³/mol. The van der Waals surface area contributed by atoms with Crippen molar-refractivity contribution < 1.29 is 19.1 Å². The van der Waals surface area contributed by atoms with Gasteiger partial charge in [-0.05, 0) is 73.5 Å². The summed E-state index contributed by atoms with van der Waals surface area (Å²) in [5.41, 5.74) is 1.06. The lowest BCUT2D eigenvalue weighted by Gasteiger charge is -2.07. The second kappa shape index (κ2) is 18.4. The second-order valence-electron chi connectivity index (χ2n) is 9.34. The third kappa shape index (κ3) is 12.2. The Hall–Kier alpha value is -2.88. The van der Waals surface area contributed by atoms with Crippen LogP contribution in [0, 0.1) is 0 Å². The number of ether oxygens (including phenoxy) is 2. The normalized spacial score (nSPS) is 11.1. The number of hydrogen-bond donors (Lipinski definition) is 0. The summed E-state index contributed by atoms with van der Waals surface area (Å²) in [6, 6.07) is 14.2. The fourth-order valence-electron chi connectivity index (χ4n) is 3.92. The van der Waals surface area contributed by atoms with Gasteiger partial charge in [0.15, 0.2) is 11.6 Å². The van der Waals surface area contributed by atoms with Crippen LogP contribution in [0.2, 0.25) is 0 Å². The van der Waals surface area contributed by atoms with Gasteiger partial charge in [-0.25, -0.2) is 0 Å². The molecule has 0 saturated carbocycles. The van der Waals surface area contributed by atoms with Crippen molar-refractivity contribution in [2.24, 2.45) is 0 Å². The monoisotopic (exact) mass is 492 g/mol. The molecule has 0 aliphatic rings. The minimum Gasteiger partial charge on any atom is -0.494 e. The molecule has 0 saturated heterocycles. The summed E-state index contributed by atoms with van der Waals surface area (Å²) < 4.78 is 11.5. The van der Waals surface area contributed by atoms with Gasteiger partial charge in [-0.2, -0.15) is 0 Å². The summed E-state index contributed by atoms with van der Waals surface area (Å²) in [6.45, 7) is 5.82. The molecule has 0 aromatic heterocycles. The standard InChI is InChI=1S/C32H44O4/c1-3-5-7-9-11-13-25-35-29-19-15-27(16-20-29)31(33)23-24-32(34)28-17-21-30(22-18-28)36-26-14-12-10-8-6-4-2/h15-24H,3-14,25-26H2,1-2H3. The first kappa shape index (κ1) is 29.4. The van der Waals surface area contributed by atoms with Gasteiger partial charge < -0.3 is 9.47 Å². The van der Waals surface area contributed by atoms with Gasteiger partial charge in [0, 0.05) is 11.1 Å². The van der Waals surface area contributed by atoms with E-state index in [9.17, 15) is 9.59 Å². The van der Waals surface area contributed by atoms with Crippen LogP contribution >= 0.6 is 0 Å². The topological polar surface area (TPSA) is 52.6 Å². The number of benzene rings is 2. The van der Waals surface area contributed by atoms with Crippen LogP contribution in [0.1, 0.15) is 112 Å². The highest BCUT2D eigenvalue weighted by Gasteiger charge is 2.06. The number of carbonyl (C=O) groups is 2. The Kier molecular flexibility index (Phi) is 15.0. The smallest absolute Gasteiger partial charge is 0.185 e. The third-order valence-electron chi connectivity index (χ3n) is 6.20. The SMILES string of the molecule is CCCCCCCCOc1ccc(C(=O)C=CC(=O)c2ccc(OCCCCCCCC)cc2)cc1. The number of rotatable bonds is 20. The zero-order chi connectivity index (χ0) is 25.8. The van der Waals surface area contributed by atoms with E-state index in [0.29, 0.717) is 24.3 Å². The zero-order valence-corrected chi connectivity index (χ0v) is 22.3. The minimum absolute atomic E-state index is 0.204. The van der Waals surface area contributed by atoms with Crippen molar-refractivity contribution in [2.75, 3.05) is 13.2 Å². The summed E-state index contributed by atoms with van der Waals surface area (Å²) in [5.74, 6) is 1.12. The molecule has 4 heteroatoms. The summed E-state index contributed by atoms with van der Waals surface area (Å²) in [7, 11) is 0. The summed E-state index contributed by atoms with van der Waals surface area (Å²) in [4.78, 5) is 24.9. The van der Waals surface area contributed by atoms with Crippen LogP contribution in [0.15, 0.2) is 60.7 Å². The van der Waals surface area contributed by atoms with E-state index in [0.717, 1.165) is 24.3 Å². The van der Waals surface area contributed by atoms with Crippen LogP contribution in [0.5, 0.6) is 11.5 Å². The van der Waals surface area contributed by atoms with E-state index in [4.69, 9.17) is 9.47 Å². The van der Waals surface area contributed by atoms with Crippen molar-refractivity contribution in [1.82, 2.24) is 0 Å². The highest BCUT2D eigenvalue weighted by molar-refractivity contribution is 6.11. The van der Waals surface area contributed by atoms with E-state index >= 15 is 0 Å². The average molecular weight is 493 g/mol. The molecular formula is C32H44O4. The highest BCUT2D eigenvalue weighted by atomic mass is 16.5. The van der Waals surface area contributed by atoms with Crippen molar-refractivity contribution in [1.29, 1.82) is 0 Å². The van der Waals surface area contributed by atoms with Crippen LogP contribution in [0.4, 0.5) is 0 Å². The van der Waals surface area contributed by atoms with E-state index in [2.05, 4.69) is 13.8 Å². The van der Waals surface area contributed by atoms with Gasteiger partial charge in [0.05, 0.1) is 13.2 Å². The van der Waals surface area contributed by atoms with E-state index in [1.54, 1.807) is 24.3 Å². The van der Waals surface area contributed by atoms with Gasteiger partial charge >= 0.3 is 0 Å². The Morgan fingerprint density at radius 1 is 0.528 bits per heavy atom. The quantitative estimate of drug-likeness (QED) is 0.105. The molecule has 0 unspecified atom stereocenters. The number of allylic oxidation sites excluding steroid dienone is 2. The Bertz CT molecular complexity index is 821. The van der Waals surface area contributed by atoms with Crippen LogP contribution < -0.4 is 9.47 Å². The molecule has 0 heterocycles. The van der Waals surface area contributed by atoms with E-state index < -0.39 is 0 Å². The number of carbonyl (C=O) groups excluding carboxylic acids is 2. The van der Waals surface area contributed by atoms with E-state index in [-0.39, 0.29) is 11.6 Å². The fraction of sp³-hybridized carbons (Fsp3) is 0.500. The molecule has 0 atom stereocenters. The van der Waals surface area contributed by atoms with Gasteiger partial charge in [-0.3, -0.25) is 9.59 Å². The maximum atomic E-state index is 12.5. The molecule has 0 N–H and O–H groups in total. The lowest BCUT2D eigenvalue weighted by molar-refractivity contribution is 0.102. The zero-order valence-electron chi connectivity index (χ0n) is 22.3. The van der Waals surface area contributed by atoms with Crippen molar-refractivity contribution in [3.8, 4) is 11.5 Å². The Labute approximate surface area is 218 Å². The van der Waals surface area contributed by atoms with E-state index in [1.165, 1.54) is 76.4 Å². The Morgan fingerprint density at radius 2 is 0.861 bits per heavy atom. The first-order chi connectivity index (χ1) is 17.6. The Balaban J connectivity index is 1.70. The molecule has 0 aliphatic carbocycles. The first-order valence-electron chi connectivity index (χ1n) is 13.9. The third-order valence-corrected chi connectivity index (χ3v) is 6.20. The molecule has 0 bridgehead atoms. The van der Waals surface area contributed by atoms with Crippen molar-refractivity contribution >= 4 is 11.6 Å². The van der Waals surface area contributed by atoms with Gasteiger partial charge in [0.1, 0.15) is 11.5 Å². The van der Waals surface area contributed by atoms with E-state index in [1.807, 2.05) is 24.3 Å². The molecule has 4 nitrogen and oxygen atoms in total. The summed E-state index contributed by atoms with van der Waals surface area (Å²) in [6.07, 6.45) is 17.3. The molecule has 2 aromatic rings. The molecule has 0 spiro atoms. The van der Waals surface area contributed by atoms with Crippen molar-refractivity contribution in [2.45, 2.75) is 90.9 Å². The second-order valence-corrected chi connectivity index (χ2v) is 9.34. The molecule has 36 heavy (non-hydrogen) atoms. The Morgan fingerprint density at radius 3 is 1.22 bits per heavy atom. The van der Waals surface area contributed by atoms with Crippen LogP contribution in [0.25, 0.3) is 0 Å². The number of ketones is 2. The minimum atomic E-state index is -0.204.